The molecule has 0 spiro atoms. The molecule has 1 aromatic heterocycles. The van der Waals surface area contributed by atoms with Crippen molar-refractivity contribution in [3.8, 4) is 0 Å². The van der Waals surface area contributed by atoms with Crippen LogP contribution in [-0.4, -0.2) is 77.0 Å². The van der Waals surface area contributed by atoms with Crippen molar-refractivity contribution in [2.45, 2.75) is 30.0 Å². The Hall–Kier alpha value is -4.45. The van der Waals surface area contributed by atoms with Gasteiger partial charge in [-0.1, -0.05) is 35.8 Å². The number of H-pyrrole nitrogens is 1. The first kappa shape index (κ1) is 36.0. The van der Waals surface area contributed by atoms with Gasteiger partial charge in [0, 0.05) is 24.8 Å². The third kappa shape index (κ3) is 9.29. The first-order chi connectivity index (χ1) is 21.5. The number of nitrogens with one attached hydrogen (secondary N) is 4. The second-order valence-electron chi connectivity index (χ2n) is 9.38. The molecule has 19 heteroatoms. The summed E-state index contributed by atoms with van der Waals surface area (Å²) in [6, 6.07) is 10.2. The summed E-state index contributed by atoms with van der Waals surface area (Å²) in [4.78, 5) is 46.0. The van der Waals surface area contributed by atoms with Crippen LogP contribution < -0.4 is 16.0 Å². The fourth-order valence-corrected chi connectivity index (χ4v) is 6.04. The number of amides is 3. The summed E-state index contributed by atoms with van der Waals surface area (Å²) in [6.45, 7) is 3.76. The molecule has 246 valence electrons. The van der Waals surface area contributed by atoms with Crippen LogP contribution in [-0.2, 0) is 19.6 Å². The molecule has 13 nitrogen and oxygen atoms in total. The number of carboxylic acids is 1. The maximum atomic E-state index is 13.1. The lowest BCUT2D eigenvalue weighted by Gasteiger charge is -2.31. The van der Waals surface area contributed by atoms with Crippen molar-refractivity contribution in [1.29, 1.82) is 0 Å². The Morgan fingerprint density at radius 2 is 1.57 bits per heavy atom. The average Bonchev–Trinajstić information content (AvgIpc) is 3.45. The van der Waals surface area contributed by atoms with Crippen LogP contribution in [0.15, 0.2) is 66.2 Å². The van der Waals surface area contributed by atoms with E-state index in [-0.39, 0.29) is 51.0 Å². The van der Waals surface area contributed by atoms with Gasteiger partial charge in [0.25, 0.3) is 11.8 Å². The first-order valence-corrected chi connectivity index (χ1v) is 15.2. The van der Waals surface area contributed by atoms with E-state index < -0.39 is 39.9 Å². The number of aliphatic carboxylic acids is 1. The van der Waals surface area contributed by atoms with Gasteiger partial charge in [-0.3, -0.25) is 19.5 Å². The Balaban J connectivity index is 0.000000738. The molecule has 5 N–H and O–H groups in total. The Kier molecular flexibility index (Phi) is 11.9. The molecular weight excluding hydrogens is 680 g/mol. The molecule has 0 radical (unpaired) electrons. The molecule has 0 aliphatic carbocycles. The average molecular weight is 705 g/mol. The fourth-order valence-electron chi connectivity index (χ4n) is 4.00. The molecule has 4 rings (SSSR count). The van der Waals surface area contributed by atoms with Gasteiger partial charge in [0.1, 0.15) is 5.69 Å². The van der Waals surface area contributed by atoms with Crippen LogP contribution in [0.5, 0.6) is 0 Å². The molecule has 46 heavy (non-hydrogen) atoms. The number of anilines is 2. The van der Waals surface area contributed by atoms with Crippen molar-refractivity contribution in [3.63, 3.8) is 0 Å². The van der Waals surface area contributed by atoms with Crippen molar-refractivity contribution >= 4 is 68.3 Å². The normalized spacial score (nSPS) is 13.9. The van der Waals surface area contributed by atoms with Crippen LogP contribution in [0.3, 0.4) is 0 Å². The zero-order valence-electron chi connectivity index (χ0n) is 23.4. The number of sulfonamides is 1. The van der Waals surface area contributed by atoms with Gasteiger partial charge in [0.15, 0.2) is 0 Å². The molecule has 2 heterocycles. The Morgan fingerprint density at radius 3 is 2.09 bits per heavy atom. The van der Waals surface area contributed by atoms with Crippen molar-refractivity contribution < 1.29 is 45.9 Å². The number of carboxylic acid groups (broad SMARTS) is 1. The summed E-state index contributed by atoms with van der Waals surface area (Å²) >= 11 is 12.2. The molecule has 1 fully saturated rings. The first-order valence-electron chi connectivity index (χ1n) is 13.0. The van der Waals surface area contributed by atoms with E-state index in [2.05, 4.69) is 32.7 Å². The molecule has 3 aromatic rings. The number of halogens is 5. The predicted octanol–water partition coefficient (Wildman–Crippen LogP) is 4.31. The number of alkyl halides is 3. The number of rotatable bonds is 8. The van der Waals surface area contributed by atoms with Crippen molar-refractivity contribution in [2.24, 2.45) is 0 Å². The lowest BCUT2D eigenvalue weighted by molar-refractivity contribution is -0.192. The van der Waals surface area contributed by atoms with Crippen LogP contribution in [0, 0.1) is 0 Å². The molecule has 0 bridgehead atoms. The molecule has 0 unspecified atom stereocenters. The number of piperidine rings is 1. The van der Waals surface area contributed by atoms with Crippen molar-refractivity contribution in [2.75, 3.05) is 23.7 Å². The lowest BCUT2D eigenvalue weighted by atomic mass is 10.1. The number of carbonyl (C=O) groups excluding carboxylic acids is 3. The standard InChI is InChI=1S/C25H24Cl2N6O5S.C2HF3O2/c1-2-21(34)29-15-6-8-17(9-7-15)39(37,38)33-12-10-16(11-13-33)30-25(36)23-20(14-28-32-23)31-24(35)22-18(26)4-3-5-19(22)27;3-2(4,5)1(6)7/h2-9,14,16H,1,10-13H2,(H,28,32)(H,29,34)(H,30,36)(H,31,35);(H,6,7). The maximum Gasteiger partial charge on any atom is 0.490 e. The number of benzene rings is 2. The molecule has 2 aromatic carbocycles. The lowest BCUT2D eigenvalue weighted by Crippen LogP contribution is -2.46. The van der Waals surface area contributed by atoms with E-state index in [1.165, 1.54) is 46.9 Å². The second-order valence-corrected chi connectivity index (χ2v) is 12.1. The Labute approximate surface area is 269 Å². The highest BCUT2D eigenvalue weighted by atomic mass is 35.5. The quantitative estimate of drug-likeness (QED) is 0.214. The topological polar surface area (TPSA) is 191 Å². The van der Waals surface area contributed by atoms with E-state index in [1.807, 2.05) is 0 Å². The molecule has 1 aliphatic heterocycles. The number of hydrogen-bond donors (Lipinski definition) is 5. The van der Waals surface area contributed by atoms with Gasteiger partial charge >= 0.3 is 12.1 Å². The summed E-state index contributed by atoms with van der Waals surface area (Å²) < 4.78 is 59.2. The minimum absolute atomic E-state index is 0.0326. The molecule has 0 atom stereocenters. The third-order valence-corrected chi connectivity index (χ3v) is 8.82. The molecule has 3 amide bonds. The summed E-state index contributed by atoms with van der Waals surface area (Å²) in [7, 11) is -3.76. The van der Waals surface area contributed by atoms with Crippen LogP contribution in [0.25, 0.3) is 0 Å². The summed E-state index contributed by atoms with van der Waals surface area (Å²) in [5, 5.41) is 21.9. The van der Waals surface area contributed by atoms with E-state index in [9.17, 15) is 36.0 Å². The van der Waals surface area contributed by atoms with Crippen molar-refractivity contribution in [3.05, 3.63) is 82.6 Å². The van der Waals surface area contributed by atoms with Crippen LogP contribution in [0.1, 0.15) is 33.7 Å². The summed E-state index contributed by atoms with van der Waals surface area (Å²) in [5.41, 5.74) is 0.689. The van der Waals surface area contributed by atoms with Gasteiger partial charge in [0.2, 0.25) is 15.9 Å². The van der Waals surface area contributed by atoms with E-state index >= 15 is 0 Å². The molecular formula is C27H25Cl2F3N6O7S. The number of aromatic amines is 1. The van der Waals surface area contributed by atoms with E-state index in [0.29, 0.717) is 18.5 Å². The minimum Gasteiger partial charge on any atom is -0.475 e. The fraction of sp³-hybridized carbons (Fsp3) is 0.222. The van der Waals surface area contributed by atoms with Gasteiger partial charge in [-0.2, -0.15) is 22.6 Å². The third-order valence-electron chi connectivity index (χ3n) is 6.28. The van der Waals surface area contributed by atoms with Gasteiger partial charge in [-0.05, 0) is 55.3 Å². The molecule has 0 saturated carbocycles. The predicted molar refractivity (Wildman–Crippen MR) is 161 cm³/mol. The minimum atomic E-state index is -5.08. The monoisotopic (exact) mass is 704 g/mol. The van der Waals surface area contributed by atoms with E-state index in [0.717, 1.165) is 6.08 Å². The van der Waals surface area contributed by atoms with Crippen LogP contribution in [0.2, 0.25) is 10.0 Å². The zero-order chi connectivity index (χ0) is 34.2. The SMILES string of the molecule is C=CC(=O)Nc1ccc(S(=O)(=O)N2CCC(NC(=O)c3[nH]ncc3NC(=O)c3c(Cl)cccc3Cl)CC2)cc1.O=C(O)C(F)(F)F. The van der Waals surface area contributed by atoms with Crippen LogP contribution in [0.4, 0.5) is 24.5 Å². The summed E-state index contributed by atoms with van der Waals surface area (Å²) in [6.07, 6.45) is -1.92. The van der Waals surface area contributed by atoms with Gasteiger partial charge < -0.3 is 21.1 Å². The Morgan fingerprint density at radius 1 is 1.00 bits per heavy atom. The van der Waals surface area contributed by atoms with E-state index in [1.54, 1.807) is 6.07 Å². The van der Waals surface area contributed by atoms with Gasteiger partial charge in [-0.25, -0.2) is 13.2 Å². The number of nitrogens with zero attached hydrogens (tertiary/aromatic N) is 2. The van der Waals surface area contributed by atoms with E-state index in [4.69, 9.17) is 33.1 Å². The highest BCUT2D eigenvalue weighted by Crippen LogP contribution is 2.26. The zero-order valence-corrected chi connectivity index (χ0v) is 25.7. The smallest absolute Gasteiger partial charge is 0.475 e. The maximum absolute atomic E-state index is 13.1. The van der Waals surface area contributed by atoms with Crippen LogP contribution >= 0.6 is 23.2 Å². The second kappa shape index (κ2) is 15.2. The summed E-state index contributed by atoms with van der Waals surface area (Å²) in [5.74, 6) is -4.26. The molecule has 1 saturated heterocycles. The van der Waals surface area contributed by atoms with Gasteiger partial charge in [0.05, 0.1) is 32.4 Å². The highest BCUT2D eigenvalue weighted by Gasteiger charge is 2.38. The number of aromatic nitrogens is 2. The number of carbonyl (C=O) groups is 4. The molecule has 1 aliphatic rings. The highest BCUT2D eigenvalue weighted by molar-refractivity contribution is 7.89. The number of hydrogen-bond acceptors (Lipinski definition) is 7. The largest absolute Gasteiger partial charge is 0.490 e. The Bertz CT molecular complexity index is 1710. The van der Waals surface area contributed by atoms with Gasteiger partial charge in [-0.15, -0.1) is 0 Å². The van der Waals surface area contributed by atoms with Crippen molar-refractivity contribution in [1.82, 2.24) is 19.8 Å².